The normalized spacial score (nSPS) is 12.1. The van der Waals surface area contributed by atoms with E-state index in [1.165, 1.54) is 28.8 Å². The quantitative estimate of drug-likeness (QED) is 0.537. The Morgan fingerprint density at radius 3 is 2.81 bits per heavy atom. The SMILES string of the molecule is CC(c1ccc(F)cc1)N(C)C(=O)CSc1nnnn1CCc1cccs1. The van der Waals surface area contributed by atoms with E-state index in [0.717, 1.165) is 12.0 Å². The molecule has 0 N–H and O–H groups in total. The van der Waals surface area contributed by atoms with Crippen LogP contribution in [0.1, 0.15) is 23.4 Å². The van der Waals surface area contributed by atoms with Gasteiger partial charge in [0.05, 0.1) is 18.3 Å². The lowest BCUT2D eigenvalue weighted by Crippen LogP contribution is -2.31. The van der Waals surface area contributed by atoms with Gasteiger partial charge in [-0.15, -0.1) is 16.4 Å². The lowest BCUT2D eigenvalue weighted by atomic mass is 10.1. The number of carbonyl (C=O) groups is 1. The third-order valence-corrected chi connectivity index (χ3v) is 6.18. The number of aryl methyl sites for hydroxylation is 2. The summed E-state index contributed by atoms with van der Waals surface area (Å²) in [6, 6.07) is 10.2. The van der Waals surface area contributed by atoms with Gasteiger partial charge in [0, 0.05) is 18.3 Å². The maximum absolute atomic E-state index is 13.1. The Hall–Kier alpha value is -2.26. The third kappa shape index (κ3) is 5.14. The first kappa shape index (κ1) is 19.5. The first-order valence-electron chi connectivity index (χ1n) is 8.47. The van der Waals surface area contributed by atoms with E-state index in [4.69, 9.17) is 0 Å². The zero-order valence-electron chi connectivity index (χ0n) is 15.1. The molecule has 0 aliphatic rings. The van der Waals surface area contributed by atoms with Crippen LogP contribution in [0, 0.1) is 5.82 Å². The van der Waals surface area contributed by atoms with Crippen LogP contribution >= 0.6 is 23.1 Å². The molecule has 1 unspecified atom stereocenters. The van der Waals surface area contributed by atoms with Crippen LogP contribution in [0.25, 0.3) is 0 Å². The number of tetrazole rings is 1. The first-order chi connectivity index (χ1) is 13.0. The Morgan fingerprint density at radius 2 is 2.11 bits per heavy atom. The molecule has 1 amide bonds. The standard InChI is InChI=1S/C18H20FN5OS2/c1-13(14-5-7-15(19)8-6-14)23(2)17(25)12-27-18-20-21-22-24(18)10-9-16-4-3-11-26-16/h3-8,11,13H,9-10,12H2,1-2H3. The highest BCUT2D eigenvalue weighted by Gasteiger charge is 2.19. The second-order valence-corrected chi connectivity index (χ2v) is 8.01. The molecular weight excluding hydrogens is 385 g/mol. The van der Waals surface area contributed by atoms with Crippen molar-refractivity contribution >= 4 is 29.0 Å². The smallest absolute Gasteiger partial charge is 0.233 e. The molecule has 3 aromatic rings. The Morgan fingerprint density at radius 1 is 1.33 bits per heavy atom. The number of hydrogen-bond donors (Lipinski definition) is 0. The highest BCUT2D eigenvalue weighted by atomic mass is 32.2. The summed E-state index contributed by atoms with van der Waals surface area (Å²) in [6.45, 7) is 2.59. The van der Waals surface area contributed by atoms with E-state index < -0.39 is 0 Å². The Bertz CT molecular complexity index is 866. The van der Waals surface area contributed by atoms with Gasteiger partial charge in [-0.2, -0.15) is 0 Å². The van der Waals surface area contributed by atoms with Crippen molar-refractivity contribution in [2.75, 3.05) is 12.8 Å². The number of rotatable bonds is 8. The molecule has 27 heavy (non-hydrogen) atoms. The molecule has 0 bridgehead atoms. The summed E-state index contributed by atoms with van der Waals surface area (Å²) in [5, 5.41) is 14.4. The number of nitrogens with zero attached hydrogens (tertiary/aromatic N) is 5. The predicted molar refractivity (Wildman–Crippen MR) is 104 cm³/mol. The second kappa shape index (κ2) is 9.09. The summed E-state index contributed by atoms with van der Waals surface area (Å²) in [6.07, 6.45) is 0.853. The molecule has 0 saturated carbocycles. The highest BCUT2D eigenvalue weighted by molar-refractivity contribution is 7.99. The summed E-state index contributed by atoms with van der Waals surface area (Å²) in [4.78, 5) is 15.5. The Kier molecular flexibility index (Phi) is 6.57. The van der Waals surface area contributed by atoms with E-state index >= 15 is 0 Å². The van der Waals surface area contributed by atoms with E-state index in [1.54, 1.807) is 40.1 Å². The zero-order chi connectivity index (χ0) is 19.2. The molecule has 0 saturated heterocycles. The van der Waals surface area contributed by atoms with Crippen molar-refractivity contribution in [1.29, 1.82) is 0 Å². The molecule has 0 aliphatic carbocycles. The summed E-state index contributed by atoms with van der Waals surface area (Å²) in [5.41, 5.74) is 0.887. The van der Waals surface area contributed by atoms with Crippen molar-refractivity contribution in [1.82, 2.24) is 25.1 Å². The largest absolute Gasteiger partial charge is 0.338 e. The van der Waals surface area contributed by atoms with Crippen molar-refractivity contribution in [2.45, 2.75) is 31.1 Å². The van der Waals surface area contributed by atoms with Crippen LogP contribution in [0.4, 0.5) is 4.39 Å². The number of thioether (sulfide) groups is 1. The molecule has 9 heteroatoms. The van der Waals surface area contributed by atoms with Crippen LogP contribution in [-0.4, -0.2) is 43.8 Å². The molecule has 6 nitrogen and oxygen atoms in total. The topological polar surface area (TPSA) is 63.9 Å². The number of hydrogen-bond acceptors (Lipinski definition) is 6. The van der Waals surface area contributed by atoms with Gasteiger partial charge >= 0.3 is 0 Å². The van der Waals surface area contributed by atoms with Crippen molar-refractivity contribution in [3.05, 3.63) is 58.0 Å². The lowest BCUT2D eigenvalue weighted by molar-refractivity contribution is -0.128. The molecule has 3 rings (SSSR count). The zero-order valence-corrected chi connectivity index (χ0v) is 16.7. The van der Waals surface area contributed by atoms with Gasteiger partial charge in [-0.05, 0) is 46.5 Å². The summed E-state index contributed by atoms with van der Waals surface area (Å²) >= 11 is 3.02. The van der Waals surface area contributed by atoms with Gasteiger partial charge in [0.25, 0.3) is 0 Å². The minimum Gasteiger partial charge on any atom is -0.338 e. The monoisotopic (exact) mass is 405 g/mol. The molecule has 1 atom stereocenters. The number of carbonyl (C=O) groups excluding carboxylic acids is 1. The van der Waals surface area contributed by atoms with Crippen molar-refractivity contribution in [3.8, 4) is 0 Å². The number of aromatic nitrogens is 4. The molecule has 142 valence electrons. The van der Waals surface area contributed by atoms with E-state index in [9.17, 15) is 9.18 Å². The highest BCUT2D eigenvalue weighted by Crippen LogP contribution is 2.22. The van der Waals surface area contributed by atoms with Crippen molar-refractivity contribution < 1.29 is 9.18 Å². The molecule has 2 heterocycles. The number of amides is 1. The van der Waals surface area contributed by atoms with E-state index in [1.807, 2.05) is 18.4 Å². The minimum absolute atomic E-state index is 0.0374. The van der Waals surface area contributed by atoms with Crippen LogP contribution in [0.3, 0.4) is 0 Å². The molecule has 1 aromatic carbocycles. The summed E-state index contributed by atoms with van der Waals surface area (Å²) in [5.74, 6) is -0.0870. The Labute approximate surface area is 165 Å². The lowest BCUT2D eigenvalue weighted by Gasteiger charge is -2.25. The number of benzene rings is 1. The van der Waals surface area contributed by atoms with Gasteiger partial charge in [0.1, 0.15) is 5.82 Å². The molecule has 2 aromatic heterocycles. The van der Waals surface area contributed by atoms with Crippen molar-refractivity contribution in [2.24, 2.45) is 0 Å². The average molecular weight is 406 g/mol. The fraction of sp³-hybridized carbons (Fsp3) is 0.333. The number of thiophene rings is 1. The van der Waals surface area contributed by atoms with Gasteiger partial charge < -0.3 is 4.90 Å². The molecule has 0 aliphatic heterocycles. The fourth-order valence-electron chi connectivity index (χ4n) is 2.52. The average Bonchev–Trinajstić information content (AvgIpc) is 3.35. The van der Waals surface area contributed by atoms with Gasteiger partial charge in [0.15, 0.2) is 0 Å². The maximum Gasteiger partial charge on any atom is 0.233 e. The maximum atomic E-state index is 13.1. The Balaban J connectivity index is 1.54. The van der Waals surface area contributed by atoms with Crippen LogP contribution in [0.2, 0.25) is 0 Å². The van der Waals surface area contributed by atoms with Gasteiger partial charge in [-0.3, -0.25) is 4.79 Å². The minimum atomic E-state index is -0.287. The van der Waals surface area contributed by atoms with E-state index in [0.29, 0.717) is 11.7 Å². The third-order valence-electron chi connectivity index (χ3n) is 4.30. The van der Waals surface area contributed by atoms with E-state index in [2.05, 4.69) is 21.6 Å². The molecule has 0 fully saturated rings. The summed E-state index contributed by atoms with van der Waals surface area (Å²) in [7, 11) is 1.75. The van der Waals surface area contributed by atoms with Crippen LogP contribution < -0.4 is 0 Å². The van der Waals surface area contributed by atoms with Crippen LogP contribution in [-0.2, 0) is 17.8 Å². The van der Waals surface area contributed by atoms with Crippen LogP contribution in [0.5, 0.6) is 0 Å². The van der Waals surface area contributed by atoms with Crippen molar-refractivity contribution in [3.63, 3.8) is 0 Å². The molecular formula is C18H20FN5OS2. The molecule has 0 radical (unpaired) electrons. The predicted octanol–water partition coefficient (Wildman–Crippen LogP) is 3.43. The van der Waals surface area contributed by atoms with E-state index in [-0.39, 0.29) is 23.5 Å². The first-order valence-corrected chi connectivity index (χ1v) is 10.3. The summed E-state index contributed by atoms with van der Waals surface area (Å²) < 4.78 is 14.8. The van der Waals surface area contributed by atoms with Crippen LogP contribution in [0.15, 0.2) is 46.9 Å². The number of halogens is 1. The van der Waals surface area contributed by atoms with Gasteiger partial charge in [-0.1, -0.05) is 30.0 Å². The fourth-order valence-corrected chi connectivity index (χ4v) is 4.05. The molecule has 0 spiro atoms. The van der Waals surface area contributed by atoms with Gasteiger partial charge in [0.2, 0.25) is 11.1 Å². The second-order valence-electron chi connectivity index (χ2n) is 6.03. The van der Waals surface area contributed by atoms with Gasteiger partial charge in [-0.25, -0.2) is 9.07 Å².